The minimum Gasteiger partial charge on any atom is -0.490 e. The smallest absolute Gasteiger partial charge is 0.253 e. The Labute approximate surface area is 144 Å². The van der Waals surface area contributed by atoms with Crippen LogP contribution in [0.5, 0.6) is 11.5 Å². The quantitative estimate of drug-likeness (QED) is 0.863. The summed E-state index contributed by atoms with van der Waals surface area (Å²) in [5.41, 5.74) is 0.662. The Hall–Kier alpha value is -1.46. The average Bonchev–Trinajstić information content (AvgIpc) is 2.56. The monoisotopic (exact) mass is 342 g/mol. The zero-order valence-electron chi connectivity index (χ0n) is 14.1. The van der Waals surface area contributed by atoms with E-state index in [0.29, 0.717) is 36.3 Å². The van der Waals surface area contributed by atoms with Gasteiger partial charge in [0.25, 0.3) is 5.91 Å². The fourth-order valence-corrected chi connectivity index (χ4v) is 2.74. The van der Waals surface area contributed by atoms with E-state index >= 15 is 0 Å². The van der Waals surface area contributed by atoms with Crippen LogP contribution >= 0.6 is 12.4 Å². The number of halogens is 1. The molecule has 1 N–H and O–H groups in total. The molecule has 1 aromatic carbocycles. The van der Waals surface area contributed by atoms with Crippen LogP contribution in [0.2, 0.25) is 0 Å². The van der Waals surface area contributed by atoms with Gasteiger partial charge in [-0.1, -0.05) is 0 Å². The molecule has 1 aliphatic heterocycles. The Morgan fingerprint density at radius 3 is 2.35 bits per heavy atom. The van der Waals surface area contributed by atoms with Crippen LogP contribution in [0.25, 0.3) is 0 Å². The normalized spacial score (nSPS) is 15.0. The van der Waals surface area contributed by atoms with Crippen molar-refractivity contribution in [3.8, 4) is 11.5 Å². The molecule has 1 saturated heterocycles. The van der Waals surface area contributed by atoms with Gasteiger partial charge in [-0.15, -0.1) is 12.4 Å². The Balaban J connectivity index is 0.00000264. The van der Waals surface area contributed by atoms with Crippen molar-refractivity contribution in [3.05, 3.63) is 23.8 Å². The SMILES string of the molecule is CCOc1ccc(C(=O)N2CCC(NC)CC2)cc1OCC.Cl. The van der Waals surface area contributed by atoms with Gasteiger partial charge in [0, 0.05) is 24.7 Å². The van der Waals surface area contributed by atoms with Crippen molar-refractivity contribution in [1.82, 2.24) is 10.2 Å². The molecule has 6 heteroatoms. The lowest BCUT2D eigenvalue weighted by Gasteiger charge is -2.32. The number of benzene rings is 1. The highest BCUT2D eigenvalue weighted by molar-refractivity contribution is 5.95. The zero-order valence-corrected chi connectivity index (χ0v) is 14.9. The lowest BCUT2D eigenvalue weighted by molar-refractivity contribution is 0.0707. The summed E-state index contributed by atoms with van der Waals surface area (Å²) < 4.78 is 11.1. The fraction of sp³-hybridized carbons (Fsp3) is 0.588. The summed E-state index contributed by atoms with van der Waals surface area (Å²) in [6.45, 7) is 6.56. The molecule has 2 rings (SSSR count). The standard InChI is InChI=1S/C17H26N2O3.ClH/c1-4-21-15-7-6-13(12-16(15)22-5-2)17(20)19-10-8-14(18-3)9-11-19;/h6-7,12,14,18H,4-5,8-11H2,1-3H3;1H. The van der Waals surface area contributed by atoms with Gasteiger partial charge in [0.2, 0.25) is 0 Å². The van der Waals surface area contributed by atoms with Gasteiger partial charge in [0.1, 0.15) is 0 Å². The van der Waals surface area contributed by atoms with Crippen molar-refractivity contribution in [3.63, 3.8) is 0 Å². The highest BCUT2D eigenvalue weighted by atomic mass is 35.5. The van der Waals surface area contributed by atoms with E-state index < -0.39 is 0 Å². The molecule has 1 fully saturated rings. The molecule has 0 radical (unpaired) electrons. The number of piperidine rings is 1. The van der Waals surface area contributed by atoms with Gasteiger partial charge in [-0.05, 0) is 51.9 Å². The van der Waals surface area contributed by atoms with Crippen molar-refractivity contribution in [1.29, 1.82) is 0 Å². The van der Waals surface area contributed by atoms with E-state index in [1.807, 2.05) is 37.9 Å². The Kier molecular flexibility index (Phi) is 8.20. The molecule has 1 aromatic rings. The van der Waals surface area contributed by atoms with Crippen LogP contribution in [0.15, 0.2) is 18.2 Å². The van der Waals surface area contributed by atoms with Crippen LogP contribution in [-0.4, -0.2) is 50.2 Å². The van der Waals surface area contributed by atoms with Crippen molar-refractivity contribution in [2.24, 2.45) is 0 Å². The number of nitrogens with zero attached hydrogens (tertiary/aromatic N) is 1. The van der Waals surface area contributed by atoms with E-state index in [4.69, 9.17) is 9.47 Å². The lowest BCUT2D eigenvalue weighted by atomic mass is 10.0. The first-order valence-electron chi connectivity index (χ1n) is 8.05. The van der Waals surface area contributed by atoms with Gasteiger partial charge in [-0.2, -0.15) is 0 Å². The van der Waals surface area contributed by atoms with Crippen molar-refractivity contribution >= 4 is 18.3 Å². The van der Waals surface area contributed by atoms with E-state index in [1.54, 1.807) is 6.07 Å². The third kappa shape index (κ3) is 5.01. The van der Waals surface area contributed by atoms with Crippen molar-refractivity contribution in [2.45, 2.75) is 32.7 Å². The first-order chi connectivity index (χ1) is 10.7. The molecule has 1 aliphatic rings. The molecule has 130 valence electrons. The molecule has 0 unspecified atom stereocenters. The van der Waals surface area contributed by atoms with Gasteiger partial charge in [-0.25, -0.2) is 0 Å². The summed E-state index contributed by atoms with van der Waals surface area (Å²) in [6.07, 6.45) is 2.00. The molecule has 1 amide bonds. The van der Waals surface area contributed by atoms with Crippen molar-refractivity contribution < 1.29 is 14.3 Å². The van der Waals surface area contributed by atoms with E-state index in [0.717, 1.165) is 25.9 Å². The highest BCUT2D eigenvalue weighted by Crippen LogP contribution is 2.29. The third-order valence-electron chi connectivity index (χ3n) is 3.98. The van der Waals surface area contributed by atoms with Gasteiger partial charge in [0.05, 0.1) is 13.2 Å². The Morgan fingerprint density at radius 1 is 1.17 bits per heavy atom. The topological polar surface area (TPSA) is 50.8 Å². The van der Waals surface area contributed by atoms with Gasteiger partial charge in [-0.3, -0.25) is 4.79 Å². The maximum atomic E-state index is 12.6. The zero-order chi connectivity index (χ0) is 15.9. The number of nitrogens with one attached hydrogen (secondary N) is 1. The number of amides is 1. The molecule has 1 heterocycles. The number of hydrogen-bond donors (Lipinski definition) is 1. The second-order valence-corrected chi connectivity index (χ2v) is 5.38. The summed E-state index contributed by atoms with van der Waals surface area (Å²) >= 11 is 0. The van der Waals surface area contributed by atoms with Gasteiger partial charge >= 0.3 is 0 Å². The molecular formula is C17H27ClN2O3. The number of carbonyl (C=O) groups is 1. The van der Waals surface area contributed by atoms with Crippen LogP contribution in [-0.2, 0) is 0 Å². The summed E-state index contributed by atoms with van der Waals surface area (Å²) in [5, 5.41) is 3.28. The van der Waals surface area contributed by atoms with Crippen LogP contribution in [0.3, 0.4) is 0 Å². The summed E-state index contributed by atoms with van der Waals surface area (Å²) in [4.78, 5) is 14.5. The molecule has 0 saturated carbocycles. The number of likely N-dealkylation sites (tertiary alicyclic amines) is 1. The molecule has 0 atom stereocenters. The van der Waals surface area contributed by atoms with Crippen LogP contribution < -0.4 is 14.8 Å². The Bertz CT molecular complexity index is 503. The predicted octanol–water partition coefficient (Wildman–Crippen LogP) is 2.73. The molecule has 0 bridgehead atoms. The van der Waals surface area contributed by atoms with E-state index in [9.17, 15) is 4.79 Å². The molecule has 23 heavy (non-hydrogen) atoms. The third-order valence-corrected chi connectivity index (χ3v) is 3.98. The maximum Gasteiger partial charge on any atom is 0.253 e. The molecule has 0 spiro atoms. The van der Waals surface area contributed by atoms with E-state index in [-0.39, 0.29) is 18.3 Å². The number of hydrogen-bond acceptors (Lipinski definition) is 4. The molecule has 5 nitrogen and oxygen atoms in total. The number of ether oxygens (including phenoxy) is 2. The largest absolute Gasteiger partial charge is 0.490 e. The first kappa shape index (κ1) is 19.6. The van der Waals surface area contributed by atoms with Crippen LogP contribution in [0.1, 0.15) is 37.0 Å². The minimum atomic E-state index is 0. The summed E-state index contributed by atoms with van der Waals surface area (Å²) in [7, 11) is 1.98. The predicted molar refractivity (Wildman–Crippen MR) is 94.0 cm³/mol. The second-order valence-electron chi connectivity index (χ2n) is 5.38. The number of rotatable bonds is 6. The average molecular weight is 343 g/mol. The second kappa shape index (κ2) is 9.63. The van der Waals surface area contributed by atoms with Crippen LogP contribution in [0.4, 0.5) is 0 Å². The highest BCUT2D eigenvalue weighted by Gasteiger charge is 2.23. The molecule has 0 aliphatic carbocycles. The van der Waals surface area contributed by atoms with Crippen molar-refractivity contribution in [2.75, 3.05) is 33.4 Å². The van der Waals surface area contributed by atoms with Gasteiger partial charge < -0.3 is 19.7 Å². The van der Waals surface area contributed by atoms with E-state index in [2.05, 4.69) is 5.32 Å². The van der Waals surface area contributed by atoms with Gasteiger partial charge in [0.15, 0.2) is 11.5 Å². The summed E-state index contributed by atoms with van der Waals surface area (Å²) in [5.74, 6) is 1.40. The maximum absolute atomic E-state index is 12.6. The molecule has 0 aromatic heterocycles. The summed E-state index contributed by atoms with van der Waals surface area (Å²) in [6, 6.07) is 5.95. The fourth-order valence-electron chi connectivity index (χ4n) is 2.74. The van der Waals surface area contributed by atoms with E-state index in [1.165, 1.54) is 0 Å². The van der Waals surface area contributed by atoms with Crippen LogP contribution in [0, 0.1) is 0 Å². The first-order valence-corrected chi connectivity index (χ1v) is 8.05. The minimum absolute atomic E-state index is 0. The molecular weight excluding hydrogens is 316 g/mol. The lowest BCUT2D eigenvalue weighted by Crippen LogP contribution is -2.43. The Morgan fingerprint density at radius 2 is 1.78 bits per heavy atom. The number of carbonyl (C=O) groups excluding carboxylic acids is 1.